The number of anilines is 1. The Balaban J connectivity index is 1.79. The molecule has 0 bridgehead atoms. The van der Waals surface area contributed by atoms with E-state index in [0.29, 0.717) is 27.3 Å². The molecule has 4 aromatic carbocycles. The van der Waals surface area contributed by atoms with Crippen molar-refractivity contribution in [2.24, 2.45) is 5.92 Å². The quantitative estimate of drug-likeness (QED) is 0.168. The van der Waals surface area contributed by atoms with Crippen LogP contribution in [-0.2, 0) is 32.6 Å². The van der Waals surface area contributed by atoms with E-state index in [9.17, 15) is 18.0 Å². The summed E-state index contributed by atoms with van der Waals surface area (Å²) >= 11 is 9.72. The fraction of sp³-hybridized carbons (Fsp3) is 0.235. The first-order valence-electron chi connectivity index (χ1n) is 14.2. The molecule has 0 saturated heterocycles. The van der Waals surface area contributed by atoms with E-state index < -0.39 is 28.5 Å². The number of halogens is 2. The Hall–Kier alpha value is -3.66. The topological polar surface area (TPSA) is 86.8 Å². The number of sulfonamides is 1. The zero-order chi connectivity index (χ0) is 31.7. The highest BCUT2D eigenvalue weighted by Gasteiger charge is 2.34. The van der Waals surface area contributed by atoms with Gasteiger partial charge >= 0.3 is 0 Å². The number of nitrogens with one attached hydrogen (secondary N) is 1. The standard InChI is InChI=1S/C34H35BrClN3O4S/c1-25(2)22-37-34(41)32(20-26-11-5-3-6-12-26)38(23-27-13-9-15-29(36)19-27)33(40)24-39(30-16-10-14-28(35)21-30)44(42,43)31-17-7-4-8-18-31/h3-19,21,25,32H,20,22-24H2,1-2H3,(H,37,41)/t32-/m0/s1. The minimum Gasteiger partial charge on any atom is -0.354 e. The van der Waals surface area contributed by atoms with Gasteiger partial charge in [0.2, 0.25) is 11.8 Å². The highest BCUT2D eigenvalue weighted by atomic mass is 79.9. The van der Waals surface area contributed by atoms with Gasteiger partial charge in [-0.3, -0.25) is 13.9 Å². The number of hydrogen-bond donors (Lipinski definition) is 1. The van der Waals surface area contributed by atoms with Gasteiger partial charge < -0.3 is 10.2 Å². The summed E-state index contributed by atoms with van der Waals surface area (Å²) in [5.74, 6) is -0.667. The van der Waals surface area contributed by atoms with Gasteiger partial charge in [-0.25, -0.2) is 8.42 Å². The van der Waals surface area contributed by atoms with Gasteiger partial charge in [0.15, 0.2) is 0 Å². The van der Waals surface area contributed by atoms with Crippen molar-refractivity contribution in [3.8, 4) is 0 Å². The molecule has 230 valence electrons. The van der Waals surface area contributed by atoms with Crippen molar-refractivity contribution in [1.82, 2.24) is 10.2 Å². The summed E-state index contributed by atoms with van der Waals surface area (Å²) in [5, 5.41) is 3.47. The van der Waals surface area contributed by atoms with Gasteiger partial charge in [-0.2, -0.15) is 0 Å². The Morgan fingerprint density at radius 1 is 0.841 bits per heavy atom. The predicted molar refractivity (Wildman–Crippen MR) is 179 cm³/mol. The van der Waals surface area contributed by atoms with Crippen LogP contribution in [0.5, 0.6) is 0 Å². The van der Waals surface area contributed by atoms with Gasteiger partial charge in [-0.05, 0) is 59.5 Å². The third kappa shape index (κ3) is 8.94. The maximum absolute atomic E-state index is 14.4. The summed E-state index contributed by atoms with van der Waals surface area (Å²) in [6.45, 7) is 3.92. The molecule has 0 aliphatic carbocycles. The summed E-state index contributed by atoms with van der Waals surface area (Å²) in [6.07, 6.45) is 0.236. The molecule has 0 heterocycles. The van der Waals surface area contributed by atoms with Gasteiger partial charge in [-0.15, -0.1) is 0 Å². The van der Waals surface area contributed by atoms with Crippen LogP contribution >= 0.6 is 27.5 Å². The van der Waals surface area contributed by atoms with E-state index in [0.717, 1.165) is 9.87 Å². The molecule has 0 radical (unpaired) electrons. The summed E-state index contributed by atoms with van der Waals surface area (Å²) in [5.41, 5.74) is 1.88. The van der Waals surface area contributed by atoms with E-state index in [1.807, 2.05) is 50.2 Å². The van der Waals surface area contributed by atoms with Gasteiger partial charge in [0.25, 0.3) is 10.0 Å². The van der Waals surface area contributed by atoms with E-state index in [4.69, 9.17) is 11.6 Å². The Morgan fingerprint density at radius 2 is 1.48 bits per heavy atom. The van der Waals surface area contributed by atoms with E-state index in [-0.39, 0.29) is 29.7 Å². The molecule has 7 nitrogen and oxygen atoms in total. The molecule has 0 aliphatic rings. The summed E-state index contributed by atoms with van der Waals surface area (Å²) in [4.78, 5) is 29.8. The molecule has 1 atom stereocenters. The molecule has 0 aliphatic heterocycles. The SMILES string of the molecule is CC(C)CNC(=O)[C@H](Cc1ccccc1)N(Cc1cccc(Cl)c1)C(=O)CN(c1cccc(Br)c1)S(=O)(=O)c1ccccc1. The Morgan fingerprint density at radius 3 is 2.11 bits per heavy atom. The number of benzene rings is 4. The van der Waals surface area contributed by atoms with Gasteiger partial charge in [0, 0.05) is 29.0 Å². The summed E-state index contributed by atoms with van der Waals surface area (Å²) < 4.78 is 29.8. The zero-order valence-electron chi connectivity index (χ0n) is 24.6. The first kappa shape index (κ1) is 33.2. The number of nitrogens with zero attached hydrogens (tertiary/aromatic N) is 2. The van der Waals surface area contributed by atoms with Crippen LogP contribution in [-0.4, -0.2) is 44.3 Å². The Kier molecular flexibility index (Phi) is 11.6. The third-order valence-electron chi connectivity index (χ3n) is 6.90. The van der Waals surface area contributed by atoms with E-state index in [2.05, 4.69) is 21.2 Å². The predicted octanol–water partition coefficient (Wildman–Crippen LogP) is 6.71. The van der Waals surface area contributed by atoms with Gasteiger partial charge in [0.05, 0.1) is 10.6 Å². The van der Waals surface area contributed by atoms with E-state index in [1.165, 1.54) is 17.0 Å². The minimum absolute atomic E-state index is 0.0453. The van der Waals surface area contributed by atoms with Crippen LogP contribution in [0.25, 0.3) is 0 Å². The largest absolute Gasteiger partial charge is 0.354 e. The molecule has 2 amide bonds. The molecular weight excluding hydrogens is 662 g/mol. The molecule has 4 aromatic rings. The lowest BCUT2D eigenvalue weighted by atomic mass is 10.0. The lowest BCUT2D eigenvalue weighted by molar-refractivity contribution is -0.140. The second kappa shape index (κ2) is 15.4. The first-order valence-corrected chi connectivity index (χ1v) is 16.8. The van der Waals surface area contributed by atoms with E-state index >= 15 is 0 Å². The van der Waals surface area contributed by atoms with Crippen molar-refractivity contribution in [3.63, 3.8) is 0 Å². The maximum Gasteiger partial charge on any atom is 0.264 e. The average Bonchev–Trinajstić information content (AvgIpc) is 3.01. The van der Waals surface area contributed by atoms with Crippen LogP contribution in [0.4, 0.5) is 5.69 Å². The molecule has 10 heteroatoms. The fourth-order valence-electron chi connectivity index (χ4n) is 4.69. The molecule has 44 heavy (non-hydrogen) atoms. The van der Waals surface area contributed by atoms with Crippen molar-refractivity contribution < 1.29 is 18.0 Å². The molecule has 0 spiro atoms. The van der Waals surface area contributed by atoms with Crippen LogP contribution < -0.4 is 9.62 Å². The van der Waals surface area contributed by atoms with Crippen LogP contribution in [0, 0.1) is 5.92 Å². The van der Waals surface area contributed by atoms with Crippen LogP contribution in [0.2, 0.25) is 5.02 Å². The number of rotatable bonds is 13. The normalized spacial score (nSPS) is 12.0. The molecule has 0 fully saturated rings. The maximum atomic E-state index is 14.4. The minimum atomic E-state index is -4.16. The number of hydrogen-bond acceptors (Lipinski definition) is 4. The van der Waals surface area contributed by atoms with Crippen LogP contribution in [0.3, 0.4) is 0 Å². The van der Waals surface area contributed by atoms with Gasteiger partial charge in [-0.1, -0.05) is 108 Å². The Labute approximate surface area is 273 Å². The summed E-state index contributed by atoms with van der Waals surface area (Å²) in [6, 6.07) is 30.3. The van der Waals surface area contributed by atoms with E-state index in [1.54, 1.807) is 60.7 Å². The molecule has 1 N–H and O–H groups in total. The number of carbonyl (C=O) groups excluding carboxylic acids is 2. The van der Waals surface area contributed by atoms with Crippen LogP contribution in [0.15, 0.2) is 119 Å². The second-order valence-electron chi connectivity index (χ2n) is 10.8. The molecular formula is C34H35BrClN3O4S. The first-order chi connectivity index (χ1) is 21.0. The number of amides is 2. The average molecular weight is 697 g/mol. The van der Waals surface area contributed by atoms with Crippen molar-refractivity contribution in [1.29, 1.82) is 0 Å². The highest BCUT2D eigenvalue weighted by Crippen LogP contribution is 2.27. The lowest BCUT2D eigenvalue weighted by Crippen LogP contribution is -2.53. The summed E-state index contributed by atoms with van der Waals surface area (Å²) in [7, 11) is -4.16. The molecule has 4 rings (SSSR count). The van der Waals surface area contributed by atoms with Crippen LogP contribution in [0.1, 0.15) is 25.0 Å². The third-order valence-corrected chi connectivity index (χ3v) is 9.42. The van der Waals surface area contributed by atoms with Gasteiger partial charge in [0.1, 0.15) is 12.6 Å². The van der Waals surface area contributed by atoms with Crippen molar-refractivity contribution in [2.75, 3.05) is 17.4 Å². The zero-order valence-corrected chi connectivity index (χ0v) is 27.7. The molecule has 0 unspecified atom stereocenters. The van der Waals surface area contributed by atoms with Crippen molar-refractivity contribution in [3.05, 3.63) is 130 Å². The fourth-order valence-corrected chi connectivity index (χ4v) is 6.72. The monoisotopic (exact) mass is 695 g/mol. The highest BCUT2D eigenvalue weighted by molar-refractivity contribution is 9.10. The lowest BCUT2D eigenvalue weighted by Gasteiger charge is -2.34. The molecule has 0 aromatic heterocycles. The second-order valence-corrected chi connectivity index (χ2v) is 14.0. The molecule has 0 saturated carbocycles. The smallest absolute Gasteiger partial charge is 0.264 e. The van der Waals surface area contributed by atoms with Crippen molar-refractivity contribution >= 4 is 55.1 Å². The number of carbonyl (C=O) groups is 2. The van der Waals surface area contributed by atoms with Crippen molar-refractivity contribution in [2.45, 2.75) is 37.8 Å². The Bertz CT molecular complexity index is 1670.